The van der Waals surface area contributed by atoms with Gasteiger partial charge in [-0.05, 0) is 67.1 Å². The molecule has 6 rings (SSSR count). The van der Waals surface area contributed by atoms with E-state index in [4.69, 9.17) is 18.4 Å². The topological polar surface area (TPSA) is 106 Å². The number of fused-ring (bicyclic) bond motifs is 2. The number of benzene rings is 4. The first kappa shape index (κ1) is 30.4. The molecular weight excluding hydrogens is 549 g/mol. The van der Waals surface area contributed by atoms with Crippen LogP contribution in [0.2, 0.25) is 0 Å². The third kappa shape index (κ3) is 6.20. The zero-order valence-electron chi connectivity index (χ0n) is 24.2. The molecule has 0 saturated carbocycles. The number of rotatable bonds is 5. The predicted molar refractivity (Wildman–Crippen MR) is 167 cm³/mol. The molecule has 2 heterocycles. The highest BCUT2D eigenvalue weighted by molar-refractivity contribution is 6.13. The van der Waals surface area contributed by atoms with Crippen molar-refractivity contribution in [2.24, 2.45) is 0 Å². The van der Waals surface area contributed by atoms with Crippen LogP contribution in [0.15, 0.2) is 93.8 Å². The van der Waals surface area contributed by atoms with Crippen LogP contribution in [0.4, 0.5) is 10.1 Å². The first-order chi connectivity index (χ1) is 20.8. The number of furan rings is 1. The first-order valence-electron chi connectivity index (χ1n) is 13.3. The molecule has 0 spiro atoms. The number of carbonyl (C=O) groups is 3. The van der Waals surface area contributed by atoms with Crippen molar-refractivity contribution in [2.45, 2.75) is 6.92 Å². The smallest absolute Gasteiger partial charge is 0.255 e. The van der Waals surface area contributed by atoms with Gasteiger partial charge in [-0.25, -0.2) is 9.37 Å². The summed E-state index contributed by atoms with van der Waals surface area (Å²) >= 11 is 0. The van der Waals surface area contributed by atoms with Crippen molar-refractivity contribution in [3.8, 4) is 33.9 Å². The fourth-order valence-corrected chi connectivity index (χ4v) is 4.70. The van der Waals surface area contributed by atoms with E-state index in [0.29, 0.717) is 33.7 Å². The molecule has 0 aliphatic carbocycles. The lowest BCUT2D eigenvalue weighted by atomic mass is 9.97. The molecule has 4 aromatic carbocycles. The molecule has 0 radical (unpaired) electrons. The van der Waals surface area contributed by atoms with Gasteiger partial charge in [0.25, 0.3) is 5.91 Å². The molecule has 9 heteroatoms. The van der Waals surface area contributed by atoms with Crippen molar-refractivity contribution in [3.05, 3.63) is 96.3 Å². The van der Waals surface area contributed by atoms with Gasteiger partial charge in [0.05, 0.1) is 5.56 Å². The first-order valence-corrected chi connectivity index (χ1v) is 13.3. The van der Waals surface area contributed by atoms with Crippen LogP contribution >= 0.6 is 0 Å². The number of nitrogens with one attached hydrogen (secondary N) is 1. The van der Waals surface area contributed by atoms with E-state index in [0.717, 1.165) is 39.8 Å². The summed E-state index contributed by atoms with van der Waals surface area (Å²) in [5.74, 6) is 0.282. The van der Waals surface area contributed by atoms with Gasteiger partial charge >= 0.3 is 0 Å². The summed E-state index contributed by atoms with van der Waals surface area (Å²) in [4.78, 5) is 36.5. The lowest BCUT2D eigenvalue weighted by molar-refractivity contribution is -0.106. The Morgan fingerprint density at radius 1 is 0.884 bits per heavy atom. The van der Waals surface area contributed by atoms with E-state index in [9.17, 15) is 9.18 Å². The Morgan fingerprint density at radius 3 is 2.21 bits per heavy atom. The summed E-state index contributed by atoms with van der Waals surface area (Å²) in [6, 6.07) is 25.4. The summed E-state index contributed by atoms with van der Waals surface area (Å²) in [7, 11) is 5.49. The third-order valence-corrected chi connectivity index (χ3v) is 6.56. The summed E-state index contributed by atoms with van der Waals surface area (Å²) in [5.41, 5.74) is 6.70. The van der Waals surface area contributed by atoms with Gasteiger partial charge in [0, 0.05) is 55.0 Å². The lowest BCUT2D eigenvalue weighted by Gasteiger charge is -2.18. The second-order valence-electron chi connectivity index (χ2n) is 9.46. The number of aldehydes is 1. The fourth-order valence-electron chi connectivity index (χ4n) is 4.70. The SMILES string of the molecule is C=O.CC=O.CNC(=O)c1c(-c2ccc(F)cc2)oc2cc(N(C)C)c(-c3cccc(-c4nc5ccccc5o4)c3)cc12. The molecule has 0 bridgehead atoms. The van der Waals surface area contributed by atoms with Crippen LogP contribution in [0.25, 0.3) is 56.0 Å². The van der Waals surface area contributed by atoms with E-state index in [-0.39, 0.29) is 11.7 Å². The van der Waals surface area contributed by atoms with Crippen LogP contribution in [0.3, 0.4) is 0 Å². The van der Waals surface area contributed by atoms with Crippen molar-refractivity contribution in [2.75, 3.05) is 26.0 Å². The Hall–Kier alpha value is -5.57. The number of hydrogen-bond acceptors (Lipinski definition) is 7. The molecule has 0 saturated heterocycles. The Labute approximate surface area is 247 Å². The van der Waals surface area contributed by atoms with Gasteiger partial charge in [0.15, 0.2) is 5.58 Å². The third-order valence-electron chi connectivity index (χ3n) is 6.56. The Bertz CT molecular complexity index is 1860. The van der Waals surface area contributed by atoms with Gasteiger partial charge in [-0.1, -0.05) is 24.3 Å². The highest BCUT2D eigenvalue weighted by Crippen LogP contribution is 2.41. The van der Waals surface area contributed by atoms with Gasteiger partial charge in [-0.2, -0.15) is 0 Å². The fraction of sp³-hybridized carbons (Fsp3) is 0.118. The normalized spacial score (nSPS) is 10.3. The molecule has 43 heavy (non-hydrogen) atoms. The quantitative estimate of drug-likeness (QED) is 0.216. The number of amides is 1. The second-order valence-corrected chi connectivity index (χ2v) is 9.46. The number of para-hydroxylation sites is 2. The van der Waals surface area contributed by atoms with Crippen molar-refractivity contribution in [3.63, 3.8) is 0 Å². The van der Waals surface area contributed by atoms with E-state index in [2.05, 4.69) is 10.3 Å². The number of hydrogen-bond donors (Lipinski definition) is 1. The standard InChI is InChI=1S/C31H24FN3O3.C2H4O.CH2O/c1-33-30(36)28-23-16-22(19-7-6-8-20(15-19)31-34-24-9-4-5-10-26(24)38-31)25(35(2)3)17-27(23)37-29(28)18-11-13-21(32)14-12-18;1-2-3;1-2/h4-17H,1-3H3,(H,33,36);2H,1H3;1H2. The van der Waals surface area contributed by atoms with Crippen LogP contribution in [0.5, 0.6) is 0 Å². The van der Waals surface area contributed by atoms with E-state index in [1.54, 1.807) is 19.2 Å². The van der Waals surface area contributed by atoms with E-state index >= 15 is 0 Å². The van der Waals surface area contributed by atoms with Gasteiger partial charge in [-0.15, -0.1) is 0 Å². The molecule has 8 nitrogen and oxygen atoms in total. The van der Waals surface area contributed by atoms with Gasteiger partial charge in [0.2, 0.25) is 5.89 Å². The van der Waals surface area contributed by atoms with Crippen molar-refractivity contribution in [1.29, 1.82) is 0 Å². The molecule has 0 atom stereocenters. The molecule has 0 unspecified atom stereocenters. The number of oxazole rings is 1. The molecule has 2 aromatic heterocycles. The van der Waals surface area contributed by atoms with E-state index in [1.807, 2.05) is 86.4 Å². The maximum absolute atomic E-state index is 13.6. The minimum atomic E-state index is -0.359. The van der Waals surface area contributed by atoms with Crippen LogP contribution < -0.4 is 10.2 Å². The molecule has 0 fully saturated rings. The molecular formula is C34H30FN3O5. The van der Waals surface area contributed by atoms with Crippen LogP contribution in [-0.2, 0) is 9.59 Å². The monoisotopic (exact) mass is 579 g/mol. The van der Waals surface area contributed by atoms with Crippen LogP contribution in [0.1, 0.15) is 17.3 Å². The number of nitrogens with zero attached hydrogens (tertiary/aromatic N) is 2. The van der Waals surface area contributed by atoms with Crippen molar-refractivity contribution >= 4 is 46.7 Å². The highest BCUT2D eigenvalue weighted by Gasteiger charge is 2.24. The molecule has 218 valence electrons. The van der Waals surface area contributed by atoms with E-state index < -0.39 is 0 Å². The number of halogens is 1. The summed E-state index contributed by atoms with van der Waals surface area (Å²) in [5, 5.41) is 3.38. The Kier molecular flexibility index (Phi) is 9.47. The second kappa shape index (κ2) is 13.4. The van der Waals surface area contributed by atoms with Crippen LogP contribution in [-0.4, -0.2) is 45.1 Å². The minimum Gasteiger partial charge on any atom is -0.455 e. The van der Waals surface area contributed by atoms with E-state index in [1.165, 1.54) is 19.1 Å². The summed E-state index contributed by atoms with van der Waals surface area (Å²) < 4.78 is 25.8. The molecule has 1 amide bonds. The number of carbonyl (C=O) groups excluding carboxylic acids is 3. The Balaban J connectivity index is 0.000000798. The Morgan fingerprint density at radius 2 is 1.56 bits per heavy atom. The summed E-state index contributed by atoms with van der Waals surface area (Å²) in [6.07, 6.45) is 0.750. The maximum Gasteiger partial charge on any atom is 0.255 e. The number of aromatic nitrogens is 1. The van der Waals surface area contributed by atoms with Gasteiger partial charge in [-0.3, -0.25) is 4.79 Å². The maximum atomic E-state index is 13.6. The molecule has 1 N–H and O–H groups in total. The van der Waals surface area contributed by atoms with Crippen molar-refractivity contribution in [1.82, 2.24) is 10.3 Å². The molecule has 0 aliphatic heterocycles. The largest absolute Gasteiger partial charge is 0.455 e. The zero-order chi connectivity index (χ0) is 31.1. The van der Waals surface area contributed by atoms with Crippen LogP contribution in [0, 0.1) is 5.82 Å². The average molecular weight is 580 g/mol. The lowest BCUT2D eigenvalue weighted by Crippen LogP contribution is -2.18. The minimum absolute atomic E-state index is 0.285. The van der Waals surface area contributed by atoms with Crippen molar-refractivity contribution < 1.29 is 27.6 Å². The molecule has 6 aromatic rings. The van der Waals surface area contributed by atoms with Gasteiger partial charge in [0.1, 0.15) is 35.8 Å². The predicted octanol–water partition coefficient (Wildman–Crippen LogP) is 7.16. The number of anilines is 1. The van der Waals surface area contributed by atoms with Gasteiger partial charge < -0.3 is 28.6 Å². The zero-order valence-corrected chi connectivity index (χ0v) is 24.2. The average Bonchev–Trinajstić information content (AvgIpc) is 3.64. The summed E-state index contributed by atoms with van der Waals surface area (Å²) in [6.45, 7) is 3.44. The highest BCUT2D eigenvalue weighted by atomic mass is 19.1. The molecule has 0 aliphatic rings.